The molecule has 2 N–H and O–H groups in total. The van der Waals surface area contributed by atoms with Gasteiger partial charge in [0.15, 0.2) is 0 Å². The number of amides is 2. The Hall–Kier alpha value is -1.88. The van der Waals surface area contributed by atoms with Crippen molar-refractivity contribution in [3.05, 3.63) is 24.3 Å². The summed E-state index contributed by atoms with van der Waals surface area (Å²) < 4.78 is 0. The Bertz CT molecular complexity index is 479. The molecule has 0 atom stereocenters. The van der Waals surface area contributed by atoms with Gasteiger partial charge in [-0.1, -0.05) is 6.42 Å². The number of carbonyl (C=O) groups excluding carboxylic acids is 2. The van der Waals surface area contributed by atoms with Crippen LogP contribution in [0.15, 0.2) is 24.3 Å². The monoisotopic (exact) mass is 289 g/mol. The van der Waals surface area contributed by atoms with Crippen LogP contribution in [-0.2, 0) is 9.59 Å². The van der Waals surface area contributed by atoms with Crippen molar-refractivity contribution in [3.8, 4) is 0 Å². The smallest absolute Gasteiger partial charge is 0.225 e. The predicted molar refractivity (Wildman–Crippen MR) is 84.3 cm³/mol. The number of hydrogen-bond acceptors (Lipinski definition) is 3. The molecular formula is C16H23N3O2. The van der Waals surface area contributed by atoms with E-state index in [2.05, 4.69) is 15.5 Å². The largest absolute Gasteiger partial charge is 0.326 e. The summed E-state index contributed by atoms with van der Waals surface area (Å²) >= 11 is 0. The highest BCUT2D eigenvalue weighted by atomic mass is 16.2. The molecule has 1 aromatic rings. The lowest BCUT2D eigenvalue weighted by molar-refractivity contribution is -0.116. The summed E-state index contributed by atoms with van der Waals surface area (Å²) in [6, 6.07) is 7.15. The van der Waals surface area contributed by atoms with Gasteiger partial charge in [0, 0.05) is 31.3 Å². The van der Waals surface area contributed by atoms with Gasteiger partial charge in [-0.3, -0.25) is 9.59 Å². The molecule has 1 fully saturated rings. The van der Waals surface area contributed by atoms with Crippen LogP contribution in [-0.4, -0.2) is 36.3 Å². The van der Waals surface area contributed by atoms with Crippen molar-refractivity contribution in [2.75, 3.05) is 30.3 Å². The number of nitrogens with zero attached hydrogens (tertiary/aromatic N) is 1. The number of benzene rings is 1. The van der Waals surface area contributed by atoms with Crippen molar-refractivity contribution in [2.45, 2.75) is 32.6 Å². The Balaban J connectivity index is 1.75. The Morgan fingerprint density at radius 1 is 1.00 bits per heavy atom. The van der Waals surface area contributed by atoms with Crippen molar-refractivity contribution in [1.29, 1.82) is 0 Å². The molecule has 0 unspecified atom stereocenters. The summed E-state index contributed by atoms with van der Waals surface area (Å²) in [5, 5.41) is 5.58. The molecule has 0 aliphatic carbocycles. The van der Waals surface area contributed by atoms with E-state index in [1.165, 1.54) is 26.2 Å². The average Bonchev–Trinajstić information content (AvgIpc) is 2.48. The van der Waals surface area contributed by atoms with Crippen molar-refractivity contribution in [2.24, 2.45) is 0 Å². The summed E-state index contributed by atoms with van der Waals surface area (Å²) in [5.41, 5.74) is 1.49. The van der Waals surface area contributed by atoms with Gasteiger partial charge in [0.05, 0.1) is 0 Å². The third-order valence-corrected chi connectivity index (χ3v) is 3.59. The van der Waals surface area contributed by atoms with E-state index in [0.717, 1.165) is 31.0 Å². The lowest BCUT2D eigenvalue weighted by Gasteiger charge is -2.25. The zero-order valence-corrected chi connectivity index (χ0v) is 12.5. The lowest BCUT2D eigenvalue weighted by atomic mass is 10.1. The van der Waals surface area contributed by atoms with Crippen molar-refractivity contribution >= 4 is 23.2 Å². The van der Waals surface area contributed by atoms with Crippen LogP contribution in [0.2, 0.25) is 0 Å². The summed E-state index contributed by atoms with van der Waals surface area (Å²) in [4.78, 5) is 25.2. The Morgan fingerprint density at radius 3 is 2.14 bits per heavy atom. The maximum absolute atomic E-state index is 11.9. The normalized spacial score (nSPS) is 15.5. The number of carbonyl (C=O) groups is 2. The first-order valence-corrected chi connectivity index (χ1v) is 7.53. The summed E-state index contributed by atoms with van der Waals surface area (Å²) in [6.45, 7) is 4.52. The van der Waals surface area contributed by atoms with E-state index in [1.54, 1.807) is 24.3 Å². The zero-order chi connectivity index (χ0) is 15.1. The first kappa shape index (κ1) is 15.5. The van der Waals surface area contributed by atoms with E-state index in [4.69, 9.17) is 0 Å². The molecule has 0 saturated carbocycles. The number of rotatable bonds is 5. The standard InChI is InChI=1S/C16H23N3O2/c1-13(20)17-14-5-7-15(8-6-14)18-16(21)9-12-19-10-3-2-4-11-19/h5-8H,2-4,9-12H2,1H3,(H,17,20)(H,18,21). The van der Waals surface area contributed by atoms with Gasteiger partial charge in [0.1, 0.15) is 0 Å². The highest BCUT2D eigenvalue weighted by Gasteiger charge is 2.11. The maximum Gasteiger partial charge on any atom is 0.225 e. The molecular weight excluding hydrogens is 266 g/mol. The fourth-order valence-electron chi connectivity index (χ4n) is 2.51. The molecule has 5 heteroatoms. The van der Waals surface area contributed by atoms with Gasteiger partial charge in [-0.2, -0.15) is 0 Å². The first-order chi connectivity index (χ1) is 10.1. The van der Waals surface area contributed by atoms with E-state index < -0.39 is 0 Å². The van der Waals surface area contributed by atoms with Crippen molar-refractivity contribution < 1.29 is 9.59 Å². The summed E-state index contributed by atoms with van der Waals surface area (Å²) in [5.74, 6) is -0.0684. The van der Waals surface area contributed by atoms with Crippen LogP contribution >= 0.6 is 0 Å². The van der Waals surface area contributed by atoms with E-state index in [9.17, 15) is 9.59 Å². The first-order valence-electron chi connectivity index (χ1n) is 7.53. The number of anilines is 2. The van der Waals surface area contributed by atoms with Crippen molar-refractivity contribution in [3.63, 3.8) is 0 Å². The molecule has 0 spiro atoms. The van der Waals surface area contributed by atoms with Gasteiger partial charge < -0.3 is 15.5 Å². The molecule has 2 rings (SSSR count). The molecule has 0 radical (unpaired) electrons. The van der Waals surface area contributed by atoms with Gasteiger partial charge in [-0.15, -0.1) is 0 Å². The number of nitrogens with one attached hydrogen (secondary N) is 2. The highest BCUT2D eigenvalue weighted by Crippen LogP contribution is 2.14. The molecule has 21 heavy (non-hydrogen) atoms. The van der Waals surface area contributed by atoms with Gasteiger partial charge in [0.25, 0.3) is 0 Å². The molecule has 114 valence electrons. The Labute approximate surface area is 125 Å². The average molecular weight is 289 g/mol. The minimum Gasteiger partial charge on any atom is -0.326 e. The minimum atomic E-state index is -0.103. The van der Waals surface area contributed by atoms with Gasteiger partial charge in [-0.25, -0.2) is 0 Å². The molecule has 1 heterocycles. The lowest BCUT2D eigenvalue weighted by Crippen LogP contribution is -2.32. The Kier molecular flexibility index (Phi) is 5.75. The number of hydrogen-bond donors (Lipinski definition) is 2. The van der Waals surface area contributed by atoms with Gasteiger partial charge >= 0.3 is 0 Å². The molecule has 5 nitrogen and oxygen atoms in total. The SMILES string of the molecule is CC(=O)Nc1ccc(NC(=O)CCN2CCCCC2)cc1. The number of piperidine rings is 1. The molecule has 1 aliphatic heterocycles. The van der Waals surface area contributed by atoms with E-state index in [0.29, 0.717) is 6.42 Å². The molecule has 1 saturated heterocycles. The molecule has 0 bridgehead atoms. The zero-order valence-electron chi connectivity index (χ0n) is 12.5. The summed E-state index contributed by atoms with van der Waals surface area (Å²) in [7, 11) is 0. The van der Waals surface area contributed by atoms with E-state index in [-0.39, 0.29) is 11.8 Å². The third kappa shape index (κ3) is 5.55. The van der Waals surface area contributed by atoms with Crippen LogP contribution in [0.4, 0.5) is 11.4 Å². The maximum atomic E-state index is 11.9. The van der Waals surface area contributed by atoms with Crippen LogP contribution in [0, 0.1) is 0 Å². The fourth-order valence-corrected chi connectivity index (χ4v) is 2.51. The highest BCUT2D eigenvalue weighted by molar-refractivity contribution is 5.92. The van der Waals surface area contributed by atoms with Crippen LogP contribution in [0.3, 0.4) is 0 Å². The van der Waals surface area contributed by atoms with Crippen molar-refractivity contribution in [1.82, 2.24) is 4.90 Å². The van der Waals surface area contributed by atoms with Crippen LogP contribution in [0.1, 0.15) is 32.6 Å². The van der Waals surface area contributed by atoms with Crippen LogP contribution in [0.25, 0.3) is 0 Å². The topological polar surface area (TPSA) is 61.4 Å². The number of likely N-dealkylation sites (tertiary alicyclic amines) is 1. The Morgan fingerprint density at radius 2 is 1.57 bits per heavy atom. The minimum absolute atomic E-state index is 0.0350. The fraction of sp³-hybridized carbons (Fsp3) is 0.500. The second-order valence-corrected chi connectivity index (χ2v) is 5.46. The van der Waals surface area contributed by atoms with Crippen LogP contribution < -0.4 is 10.6 Å². The van der Waals surface area contributed by atoms with E-state index in [1.807, 2.05) is 0 Å². The summed E-state index contributed by atoms with van der Waals surface area (Å²) in [6.07, 6.45) is 4.31. The van der Waals surface area contributed by atoms with Gasteiger partial charge in [0.2, 0.25) is 11.8 Å². The third-order valence-electron chi connectivity index (χ3n) is 3.59. The van der Waals surface area contributed by atoms with Gasteiger partial charge in [-0.05, 0) is 50.2 Å². The van der Waals surface area contributed by atoms with Crippen LogP contribution in [0.5, 0.6) is 0 Å². The molecule has 2 amide bonds. The van der Waals surface area contributed by atoms with E-state index >= 15 is 0 Å². The molecule has 1 aliphatic rings. The predicted octanol–water partition coefficient (Wildman–Crippen LogP) is 2.46. The molecule has 1 aromatic carbocycles. The second-order valence-electron chi connectivity index (χ2n) is 5.46. The molecule has 0 aromatic heterocycles. The quantitative estimate of drug-likeness (QED) is 0.875. The second kappa shape index (κ2) is 7.78.